The molecule has 0 aliphatic carbocycles. The lowest BCUT2D eigenvalue weighted by Gasteiger charge is -2.18. The van der Waals surface area contributed by atoms with Crippen LogP contribution < -0.4 is 0 Å². The Hall–Kier alpha value is -1.94. The third kappa shape index (κ3) is 2.49. The molecule has 4 heteroatoms. The molecule has 0 fully saturated rings. The summed E-state index contributed by atoms with van der Waals surface area (Å²) in [6, 6.07) is 9.30. The number of carbonyl (C=O) groups is 1. The highest BCUT2D eigenvalue weighted by atomic mass is 16.4. The fraction of sp³-hybridized carbons (Fsp3) is 0.286. The fourth-order valence-electron chi connectivity index (χ4n) is 2.06. The molecule has 94 valence electrons. The number of benzene rings is 1. The Bertz CT molecular complexity index is 562. The van der Waals surface area contributed by atoms with Gasteiger partial charge in [0.1, 0.15) is 0 Å². The second kappa shape index (κ2) is 5.14. The summed E-state index contributed by atoms with van der Waals surface area (Å²) in [6.45, 7) is 1.72. The normalized spacial score (nSPS) is 14.3. The molecule has 0 radical (unpaired) electrons. The molecule has 4 nitrogen and oxygen atoms in total. The molecule has 0 saturated carbocycles. The van der Waals surface area contributed by atoms with E-state index in [1.54, 1.807) is 19.2 Å². The number of nitrogens with zero attached hydrogens (tertiary/aromatic N) is 1. The van der Waals surface area contributed by atoms with E-state index in [4.69, 9.17) is 5.11 Å². The Morgan fingerprint density at radius 2 is 2.06 bits per heavy atom. The third-order valence-corrected chi connectivity index (χ3v) is 3.02. The summed E-state index contributed by atoms with van der Waals surface area (Å²) in [5.41, 5.74) is 1.41. The van der Waals surface area contributed by atoms with E-state index >= 15 is 0 Å². The van der Waals surface area contributed by atoms with Crippen LogP contribution in [0.3, 0.4) is 0 Å². The predicted molar refractivity (Wildman–Crippen MR) is 68.1 cm³/mol. The molecule has 2 atom stereocenters. The van der Waals surface area contributed by atoms with Gasteiger partial charge in [-0.15, -0.1) is 0 Å². The Kier molecular flexibility index (Phi) is 3.58. The highest BCUT2D eigenvalue weighted by Crippen LogP contribution is 2.29. The number of para-hydroxylation sites is 1. The summed E-state index contributed by atoms with van der Waals surface area (Å²) in [4.78, 5) is 14.9. The van der Waals surface area contributed by atoms with Crippen LogP contribution in [0.1, 0.15) is 25.0 Å². The highest BCUT2D eigenvalue weighted by Gasteiger charge is 2.21. The number of hydrogen-bond donors (Lipinski definition) is 2. The number of carboxylic acids is 1. The van der Waals surface area contributed by atoms with Crippen molar-refractivity contribution in [2.24, 2.45) is 5.92 Å². The van der Waals surface area contributed by atoms with Crippen molar-refractivity contribution in [3.63, 3.8) is 0 Å². The Morgan fingerprint density at radius 3 is 2.78 bits per heavy atom. The molecule has 2 aromatic rings. The van der Waals surface area contributed by atoms with Crippen molar-refractivity contribution >= 4 is 16.9 Å². The van der Waals surface area contributed by atoms with Gasteiger partial charge in [0, 0.05) is 17.1 Å². The second-order valence-corrected chi connectivity index (χ2v) is 4.44. The van der Waals surface area contributed by atoms with Crippen LogP contribution in [0.4, 0.5) is 0 Å². The van der Waals surface area contributed by atoms with Gasteiger partial charge in [-0.3, -0.25) is 9.78 Å². The van der Waals surface area contributed by atoms with Gasteiger partial charge in [0.15, 0.2) is 0 Å². The van der Waals surface area contributed by atoms with Gasteiger partial charge >= 0.3 is 5.97 Å². The number of rotatable bonds is 4. The van der Waals surface area contributed by atoms with E-state index < -0.39 is 12.1 Å². The van der Waals surface area contributed by atoms with E-state index in [2.05, 4.69) is 4.98 Å². The fourth-order valence-corrected chi connectivity index (χ4v) is 2.06. The van der Waals surface area contributed by atoms with Crippen molar-refractivity contribution in [1.82, 2.24) is 4.98 Å². The van der Waals surface area contributed by atoms with Crippen molar-refractivity contribution in [2.75, 3.05) is 0 Å². The van der Waals surface area contributed by atoms with Crippen LogP contribution in [0.2, 0.25) is 0 Å². The first-order valence-corrected chi connectivity index (χ1v) is 5.83. The van der Waals surface area contributed by atoms with Gasteiger partial charge in [-0.1, -0.05) is 31.2 Å². The topological polar surface area (TPSA) is 70.4 Å². The Morgan fingerprint density at radius 1 is 1.33 bits per heavy atom. The highest BCUT2D eigenvalue weighted by molar-refractivity contribution is 5.82. The first kappa shape index (κ1) is 12.5. The van der Waals surface area contributed by atoms with Crippen LogP contribution in [-0.4, -0.2) is 21.2 Å². The molecule has 1 aromatic carbocycles. The van der Waals surface area contributed by atoms with Gasteiger partial charge in [0.25, 0.3) is 0 Å². The van der Waals surface area contributed by atoms with E-state index in [1.165, 1.54) is 0 Å². The molecule has 1 aromatic heterocycles. The molecule has 0 saturated heterocycles. The standard InChI is InChI=1S/C14H15NO3/c1-9(8-12(16)17)14(18)11-6-2-4-10-5-3-7-15-13(10)11/h2-7,9,14,18H,8H2,1H3,(H,16,17). The lowest BCUT2D eigenvalue weighted by molar-refractivity contribution is -0.138. The summed E-state index contributed by atoms with van der Waals surface area (Å²) < 4.78 is 0. The predicted octanol–water partition coefficient (Wildman–Crippen LogP) is 2.38. The minimum absolute atomic E-state index is 0.0651. The Labute approximate surface area is 105 Å². The molecule has 0 aliphatic heterocycles. The summed E-state index contributed by atoms with van der Waals surface area (Å²) >= 11 is 0. The van der Waals surface area contributed by atoms with Crippen LogP contribution in [0, 0.1) is 5.92 Å². The number of aromatic nitrogens is 1. The summed E-state index contributed by atoms with van der Waals surface area (Å²) in [6.07, 6.45) is 0.782. The van der Waals surface area contributed by atoms with Crippen LogP contribution in [0.15, 0.2) is 36.5 Å². The zero-order chi connectivity index (χ0) is 13.1. The average molecular weight is 245 g/mol. The van der Waals surface area contributed by atoms with Gasteiger partial charge in [-0.05, 0) is 12.0 Å². The number of carboxylic acid groups (broad SMARTS) is 1. The van der Waals surface area contributed by atoms with Crippen LogP contribution in [0.5, 0.6) is 0 Å². The van der Waals surface area contributed by atoms with E-state index in [0.717, 1.165) is 10.9 Å². The zero-order valence-electron chi connectivity index (χ0n) is 10.1. The van der Waals surface area contributed by atoms with Gasteiger partial charge in [0.2, 0.25) is 0 Å². The minimum atomic E-state index is -0.908. The zero-order valence-corrected chi connectivity index (χ0v) is 10.1. The molecular weight excluding hydrogens is 230 g/mol. The van der Waals surface area contributed by atoms with Gasteiger partial charge in [0.05, 0.1) is 18.0 Å². The van der Waals surface area contributed by atoms with Gasteiger partial charge < -0.3 is 10.2 Å². The molecule has 2 unspecified atom stereocenters. The van der Waals surface area contributed by atoms with Crippen LogP contribution in [0.25, 0.3) is 10.9 Å². The van der Waals surface area contributed by atoms with Gasteiger partial charge in [-0.25, -0.2) is 0 Å². The Balaban J connectivity index is 2.38. The van der Waals surface area contributed by atoms with Crippen molar-refractivity contribution in [1.29, 1.82) is 0 Å². The quantitative estimate of drug-likeness (QED) is 0.867. The van der Waals surface area contributed by atoms with Crippen molar-refractivity contribution in [3.05, 3.63) is 42.1 Å². The molecule has 2 N–H and O–H groups in total. The molecule has 1 heterocycles. The van der Waals surface area contributed by atoms with Gasteiger partial charge in [-0.2, -0.15) is 0 Å². The van der Waals surface area contributed by atoms with Crippen molar-refractivity contribution in [2.45, 2.75) is 19.4 Å². The number of aliphatic hydroxyl groups excluding tert-OH is 1. The van der Waals surface area contributed by atoms with Crippen molar-refractivity contribution < 1.29 is 15.0 Å². The lowest BCUT2D eigenvalue weighted by Crippen LogP contribution is -2.14. The lowest BCUT2D eigenvalue weighted by atomic mass is 9.93. The number of fused-ring (bicyclic) bond motifs is 1. The maximum absolute atomic E-state index is 10.7. The van der Waals surface area contributed by atoms with E-state index in [9.17, 15) is 9.90 Å². The molecule has 0 aliphatic rings. The SMILES string of the molecule is CC(CC(=O)O)C(O)c1cccc2cccnc12. The first-order valence-electron chi connectivity index (χ1n) is 5.83. The molecule has 18 heavy (non-hydrogen) atoms. The molecule has 0 bridgehead atoms. The maximum Gasteiger partial charge on any atom is 0.303 e. The van der Waals surface area contributed by atoms with E-state index in [0.29, 0.717) is 5.56 Å². The third-order valence-electron chi connectivity index (χ3n) is 3.02. The minimum Gasteiger partial charge on any atom is -0.481 e. The molecule has 2 rings (SSSR count). The maximum atomic E-state index is 10.7. The summed E-state index contributed by atoms with van der Waals surface area (Å²) in [5, 5.41) is 19.9. The largest absolute Gasteiger partial charge is 0.481 e. The average Bonchev–Trinajstić information content (AvgIpc) is 2.36. The first-order chi connectivity index (χ1) is 8.59. The molecular formula is C14H15NO3. The number of hydrogen-bond acceptors (Lipinski definition) is 3. The van der Waals surface area contributed by atoms with Crippen molar-refractivity contribution in [3.8, 4) is 0 Å². The van der Waals surface area contributed by atoms with E-state index in [1.807, 2.05) is 24.3 Å². The second-order valence-electron chi connectivity index (χ2n) is 4.44. The number of pyridine rings is 1. The monoisotopic (exact) mass is 245 g/mol. The van der Waals surface area contributed by atoms with Crippen LogP contribution in [-0.2, 0) is 4.79 Å². The number of aliphatic carboxylic acids is 1. The summed E-state index contributed by atoms with van der Waals surface area (Å²) in [5.74, 6) is -1.26. The molecule has 0 spiro atoms. The number of aliphatic hydroxyl groups is 1. The molecule has 0 amide bonds. The summed E-state index contributed by atoms with van der Waals surface area (Å²) in [7, 11) is 0. The van der Waals surface area contributed by atoms with E-state index in [-0.39, 0.29) is 12.3 Å². The smallest absolute Gasteiger partial charge is 0.303 e. The van der Waals surface area contributed by atoms with Crippen LogP contribution >= 0.6 is 0 Å².